The van der Waals surface area contributed by atoms with Crippen molar-refractivity contribution < 1.29 is 18.3 Å². The number of halogens is 2. The summed E-state index contributed by atoms with van der Waals surface area (Å²) in [6, 6.07) is 3.06. The van der Waals surface area contributed by atoms with E-state index in [4.69, 9.17) is 17.0 Å². The molecule has 7 heteroatoms. The number of rotatable bonds is 5. The Bertz CT molecular complexity index is 545. The highest BCUT2D eigenvalue weighted by Crippen LogP contribution is 2.15. The fourth-order valence-electron chi connectivity index (χ4n) is 1.59. The van der Waals surface area contributed by atoms with Gasteiger partial charge in [-0.1, -0.05) is 0 Å². The van der Waals surface area contributed by atoms with Gasteiger partial charge in [0.05, 0.1) is 5.69 Å². The predicted octanol–water partition coefficient (Wildman–Crippen LogP) is 3.37. The van der Waals surface area contributed by atoms with Crippen molar-refractivity contribution in [3.05, 3.63) is 29.8 Å². The van der Waals surface area contributed by atoms with Gasteiger partial charge in [0.1, 0.15) is 17.2 Å². The Morgan fingerprint density at radius 3 is 2.64 bits per heavy atom. The maximum atomic E-state index is 13.4. The van der Waals surface area contributed by atoms with Gasteiger partial charge in [0.25, 0.3) is 0 Å². The molecular formula is C15H20F2N2O2S. The van der Waals surface area contributed by atoms with Crippen LogP contribution in [0.2, 0.25) is 0 Å². The van der Waals surface area contributed by atoms with Crippen LogP contribution >= 0.6 is 12.2 Å². The second-order valence-electron chi connectivity index (χ2n) is 5.70. The summed E-state index contributed by atoms with van der Waals surface area (Å²) >= 11 is 4.98. The van der Waals surface area contributed by atoms with Gasteiger partial charge in [-0.05, 0) is 51.5 Å². The lowest BCUT2D eigenvalue weighted by atomic mass is 10.2. The number of esters is 1. The van der Waals surface area contributed by atoms with Crippen molar-refractivity contribution in [1.29, 1.82) is 0 Å². The van der Waals surface area contributed by atoms with Crippen LogP contribution in [-0.4, -0.2) is 23.2 Å². The van der Waals surface area contributed by atoms with E-state index in [-0.39, 0.29) is 23.2 Å². The van der Waals surface area contributed by atoms with Crippen LogP contribution in [0.25, 0.3) is 0 Å². The van der Waals surface area contributed by atoms with E-state index in [0.29, 0.717) is 13.0 Å². The van der Waals surface area contributed by atoms with Crippen molar-refractivity contribution in [2.75, 3.05) is 11.9 Å². The number of carbonyl (C=O) groups excluding carboxylic acids is 1. The maximum Gasteiger partial charge on any atom is 0.306 e. The molecule has 0 aromatic heterocycles. The van der Waals surface area contributed by atoms with Gasteiger partial charge in [0, 0.05) is 19.0 Å². The van der Waals surface area contributed by atoms with Crippen LogP contribution in [0.5, 0.6) is 0 Å². The molecule has 122 valence electrons. The van der Waals surface area contributed by atoms with E-state index in [1.54, 1.807) is 20.8 Å². The van der Waals surface area contributed by atoms with Crippen molar-refractivity contribution in [3.63, 3.8) is 0 Å². The zero-order chi connectivity index (χ0) is 16.8. The number of ether oxygens (including phenoxy) is 1. The summed E-state index contributed by atoms with van der Waals surface area (Å²) in [5, 5.41) is 5.55. The maximum absolute atomic E-state index is 13.4. The van der Waals surface area contributed by atoms with Crippen molar-refractivity contribution in [2.45, 2.75) is 39.2 Å². The van der Waals surface area contributed by atoms with Crippen molar-refractivity contribution >= 4 is 29.0 Å². The van der Waals surface area contributed by atoms with E-state index in [2.05, 4.69) is 10.6 Å². The SMILES string of the molecule is CC(C)(C)OC(=O)CCCNC(=S)Nc1cc(F)ccc1F. The third kappa shape index (κ3) is 7.31. The van der Waals surface area contributed by atoms with E-state index >= 15 is 0 Å². The Labute approximate surface area is 134 Å². The van der Waals surface area contributed by atoms with E-state index in [1.165, 1.54) is 0 Å². The number of thiocarbonyl (C=S) groups is 1. The number of carbonyl (C=O) groups is 1. The van der Waals surface area contributed by atoms with Crippen molar-refractivity contribution in [3.8, 4) is 0 Å². The van der Waals surface area contributed by atoms with Crippen LogP contribution in [0.3, 0.4) is 0 Å². The fraction of sp³-hybridized carbons (Fsp3) is 0.467. The molecule has 0 saturated heterocycles. The minimum atomic E-state index is -0.598. The Kier molecular flexibility index (Phi) is 6.67. The summed E-state index contributed by atoms with van der Waals surface area (Å²) in [7, 11) is 0. The predicted molar refractivity (Wildman–Crippen MR) is 85.7 cm³/mol. The van der Waals surface area contributed by atoms with Crippen molar-refractivity contribution in [2.24, 2.45) is 0 Å². The van der Waals surface area contributed by atoms with Gasteiger partial charge in [0.15, 0.2) is 5.11 Å². The lowest BCUT2D eigenvalue weighted by molar-refractivity contribution is -0.154. The van der Waals surface area contributed by atoms with E-state index in [0.717, 1.165) is 18.2 Å². The summed E-state index contributed by atoms with van der Waals surface area (Å²) < 4.78 is 31.6. The standard InChI is InChI=1S/C15H20F2N2O2S/c1-15(2,3)21-13(20)5-4-8-18-14(22)19-12-9-10(16)6-7-11(12)17/h6-7,9H,4-5,8H2,1-3H3,(H2,18,19,22). The second-order valence-corrected chi connectivity index (χ2v) is 6.10. The molecule has 22 heavy (non-hydrogen) atoms. The van der Waals surface area contributed by atoms with Gasteiger partial charge in [-0.3, -0.25) is 4.79 Å². The van der Waals surface area contributed by atoms with E-state index in [1.807, 2.05) is 0 Å². The topological polar surface area (TPSA) is 50.4 Å². The van der Waals surface area contributed by atoms with Crippen LogP contribution in [-0.2, 0) is 9.53 Å². The minimum absolute atomic E-state index is 0.0374. The molecule has 4 nitrogen and oxygen atoms in total. The molecule has 0 amide bonds. The normalized spacial score (nSPS) is 11.0. The van der Waals surface area contributed by atoms with E-state index in [9.17, 15) is 13.6 Å². The minimum Gasteiger partial charge on any atom is -0.460 e. The zero-order valence-electron chi connectivity index (χ0n) is 12.8. The molecule has 0 spiro atoms. The molecule has 1 aromatic carbocycles. The Balaban J connectivity index is 2.29. The van der Waals surface area contributed by atoms with Gasteiger partial charge in [-0.15, -0.1) is 0 Å². The lowest BCUT2D eigenvalue weighted by Gasteiger charge is -2.19. The monoisotopic (exact) mass is 330 g/mol. The quantitative estimate of drug-likeness (QED) is 0.492. The van der Waals surface area contributed by atoms with Gasteiger partial charge >= 0.3 is 5.97 Å². The summed E-state index contributed by atoms with van der Waals surface area (Å²) in [6.07, 6.45) is 0.767. The Morgan fingerprint density at radius 1 is 1.32 bits per heavy atom. The molecule has 2 N–H and O–H groups in total. The average molecular weight is 330 g/mol. The van der Waals surface area contributed by atoms with Crippen LogP contribution in [0, 0.1) is 11.6 Å². The number of hydrogen-bond acceptors (Lipinski definition) is 3. The summed E-state index contributed by atoms with van der Waals surface area (Å²) in [5.74, 6) is -1.44. The van der Waals surface area contributed by atoms with Gasteiger partial charge in [0.2, 0.25) is 0 Å². The molecule has 0 radical (unpaired) electrons. The highest BCUT2D eigenvalue weighted by Gasteiger charge is 2.15. The lowest BCUT2D eigenvalue weighted by Crippen LogP contribution is -2.30. The fourth-order valence-corrected chi connectivity index (χ4v) is 1.80. The second kappa shape index (κ2) is 8.03. The summed E-state index contributed by atoms with van der Waals surface area (Å²) in [5.41, 5.74) is -0.541. The first-order chi connectivity index (χ1) is 10.2. The third-order valence-electron chi connectivity index (χ3n) is 2.44. The first-order valence-electron chi connectivity index (χ1n) is 6.89. The molecule has 1 aromatic rings. The average Bonchev–Trinajstić information content (AvgIpc) is 2.37. The summed E-state index contributed by atoms with van der Waals surface area (Å²) in [4.78, 5) is 11.5. The number of anilines is 1. The smallest absolute Gasteiger partial charge is 0.306 e. The highest BCUT2D eigenvalue weighted by atomic mass is 32.1. The molecule has 0 bridgehead atoms. The highest BCUT2D eigenvalue weighted by molar-refractivity contribution is 7.80. The molecule has 0 fully saturated rings. The number of benzene rings is 1. The first kappa shape index (κ1) is 18.3. The molecule has 0 aliphatic heterocycles. The molecule has 0 unspecified atom stereocenters. The third-order valence-corrected chi connectivity index (χ3v) is 2.69. The number of hydrogen-bond donors (Lipinski definition) is 2. The van der Waals surface area contributed by atoms with Crippen LogP contribution in [0.15, 0.2) is 18.2 Å². The van der Waals surface area contributed by atoms with Crippen LogP contribution in [0.4, 0.5) is 14.5 Å². The van der Waals surface area contributed by atoms with Gasteiger partial charge in [-0.25, -0.2) is 8.78 Å². The molecule has 0 heterocycles. The van der Waals surface area contributed by atoms with Gasteiger partial charge < -0.3 is 15.4 Å². The van der Waals surface area contributed by atoms with Gasteiger partial charge in [-0.2, -0.15) is 0 Å². The molecule has 0 aliphatic carbocycles. The zero-order valence-corrected chi connectivity index (χ0v) is 13.7. The molecule has 0 saturated carbocycles. The van der Waals surface area contributed by atoms with E-state index < -0.39 is 17.2 Å². The Hall–Kier alpha value is -1.76. The molecular weight excluding hydrogens is 310 g/mol. The summed E-state index contributed by atoms with van der Waals surface area (Å²) in [6.45, 7) is 5.82. The molecule has 1 rings (SSSR count). The van der Waals surface area contributed by atoms with Crippen LogP contribution < -0.4 is 10.6 Å². The Morgan fingerprint density at radius 2 is 2.00 bits per heavy atom. The largest absolute Gasteiger partial charge is 0.460 e. The molecule has 0 aliphatic rings. The molecule has 0 atom stereocenters. The van der Waals surface area contributed by atoms with Crippen LogP contribution in [0.1, 0.15) is 33.6 Å². The number of nitrogens with one attached hydrogen (secondary N) is 2. The van der Waals surface area contributed by atoms with Crippen molar-refractivity contribution in [1.82, 2.24) is 5.32 Å². The first-order valence-corrected chi connectivity index (χ1v) is 7.30.